The van der Waals surface area contributed by atoms with Gasteiger partial charge in [0.1, 0.15) is 0 Å². The molecule has 0 spiro atoms. The Bertz CT molecular complexity index is 1120. The highest BCUT2D eigenvalue weighted by molar-refractivity contribution is 7.92. The van der Waals surface area contributed by atoms with Crippen molar-refractivity contribution in [3.63, 3.8) is 0 Å². The van der Waals surface area contributed by atoms with Crippen LogP contribution in [0, 0.1) is 0 Å². The predicted molar refractivity (Wildman–Crippen MR) is 113 cm³/mol. The van der Waals surface area contributed by atoms with E-state index >= 15 is 0 Å². The number of benzene rings is 3. The molecule has 0 heterocycles. The third kappa shape index (κ3) is 4.30. The van der Waals surface area contributed by atoms with E-state index in [1.165, 1.54) is 31.3 Å². The highest BCUT2D eigenvalue weighted by Crippen LogP contribution is 2.26. The van der Waals surface area contributed by atoms with Crippen LogP contribution in [0.4, 0.5) is 11.4 Å². The molecule has 0 saturated heterocycles. The van der Waals surface area contributed by atoms with Gasteiger partial charge in [-0.1, -0.05) is 47.5 Å². The molecule has 0 saturated carbocycles. The Kier molecular flexibility index (Phi) is 5.93. The van der Waals surface area contributed by atoms with Crippen LogP contribution < -0.4 is 9.62 Å². The molecule has 1 amide bonds. The molecular weight excluding hydrogens is 419 g/mol. The quantitative estimate of drug-likeness (QED) is 0.609. The van der Waals surface area contributed by atoms with Crippen molar-refractivity contribution in [1.82, 2.24) is 0 Å². The van der Waals surface area contributed by atoms with E-state index in [2.05, 4.69) is 5.32 Å². The SMILES string of the molecule is CN(c1cccc(C(=O)Nc2ccc(Cl)c(Cl)c2)c1)S(=O)(=O)c1ccccc1. The number of rotatable bonds is 5. The number of carbonyl (C=O) groups excluding carboxylic acids is 1. The van der Waals surface area contributed by atoms with Crippen LogP contribution in [-0.2, 0) is 10.0 Å². The average molecular weight is 435 g/mol. The average Bonchev–Trinajstić information content (AvgIpc) is 2.71. The lowest BCUT2D eigenvalue weighted by molar-refractivity contribution is 0.102. The molecule has 144 valence electrons. The van der Waals surface area contributed by atoms with Crippen LogP contribution >= 0.6 is 23.2 Å². The summed E-state index contributed by atoms with van der Waals surface area (Å²) in [6.45, 7) is 0. The lowest BCUT2D eigenvalue weighted by Gasteiger charge is -2.20. The van der Waals surface area contributed by atoms with Gasteiger partial charge in [-0.15, -0.1) is 0 Å². The number of nitrogens with one attached hydrogen (secondary N) is 1. The predicted octanol–water partition coefficient (Wildman–Crippen LogP) is 5.07. The lowest BCUT2D eigenvalue weighted by atomic mass is 10.2. The van der Waals surface area contributed by atoms with Gasteiger partial charge in [-0.3, -0.25) is 9.10 Å². The summed E-state index contributed by atoms with van der Waals surface area (Å²) < 4.78 is 26.7. The van der Waals surface area contributed by atoms with Gasteiger partial charge in [-0.05, 0) is 48.5 Å². The van der Waals surface area contributed by atoms with E-state index in [-0.39, 0.29) is 4.90 Å². The Hall–Kier alpha value is -2.54. The first kappa shape index (κ1) is 20.2. The minimum atomic E-state index is -3.73. The number of amides is 1. The molecule has 28 heavy (non-hydrogen) atoms. The fourth-order valence-corrected chi connectivity index (χ4v) is 4.02. The van der Waals surface area contributed by atoms with Crippen LogP contribution in [0.3, 0.4) is 0 Å². The fourth-order valence-electron chi connectivity index (χ4n) is 2.51. The number of halogens is 2. The van der Waals surface area contributed by atoms with E-state index in [9.17, 15) is 13.2 Å². The third-order valence-electron chi connectivity index (χ3n) is 4.05. The van der Waals surface area contributed by atoms with Gasteiger partial charge in [0.05, 0.1) is 20.6 Å². The molecule has 0 atom stereocenters. The van der Waals surface area contributed by atoms with Gasteiger partial charge in [-0.25, -0.2) is 8.42 Å². The summed E-state index contributed by atoms with van der Waals surface area (Å²) in [5.41, 5.74) is 1.15. The lowest BCUT2D eigenvalue weighted by Crippen LogP contribution is -2.26. The second kappa shape index (κ2) is 8.22. The largest absolute Gasteiger partial charge is 0.322 e. The zero-order chi connectivity index (χ0) is 20.3. The molecule has 0 aliphatic heterocycles. The summed E-state index contributed by atoms with van der Waals surface area (Å²) in [6.07, 6.45) is 0. The number of hydrogen-bond donors (Lipinski definition) is 1. The molecule has 3 aromatic rings. The van der Waals surface area contributed by atoms with Crippen LogP contribution in [0.2, 0.25) is 10.0 Å². The van der Waals surface area contributed by atoms with Crippen molar-refractivity contribution in [2.24, 2.45) is 0 Å². The smallest absolute Gasteiger partial charge is 0.264 e. The van der Waals surface area contributed by atoms with Crippen LogP contribution in [0.5, 0.6) is 0 Å². The second-order valence-electron chi connectivity index (χ2n) is 5.92. The molecule has 1 N–H and O–H groups in total. The van der Waals surface area contributed by atoms with Crippen molar-refractivity contribution in [1.29, 1.82) is 0 Å². The molecule has 8 heteroatoms. The summed E-state index contributed by atoms with van der Waals surface area (Å²) in [5.74, 6) is -0.397. The summed E-state index contributed by atoms with van der Waals surface area (Å²) in [5, 5.41) is 3.42. The minimum absolute atomic E-state index is 0.170. The fraction of sp³-hybridized carbons (Fsp3) is 0.0500. The van der Waals surface area contributed by atoms with E-state index in [4.69, 9.17) is 23.2 Å². The van der Waals surface area contributed by atoms with Gasteiger partial charge >= 0.3 is 0 Å². The van der Waals surface area contributed by atoms with Crippen molar-refractivity contribution in [2.75, 3.05) is 16.7 Å². The van der Waals surface area contributed by atoms with E-state index in [1.807, 2.05) is 0 Å². The van der Waals surface area contributed by atoms with Crippen LogP contribution in [-0.4, -0.2) is 21.4 Å². The number of carbonyl (C=O) groups is 1. The van der Waals surface area contributed by atoms with Gasteiger partial charge in [0.25, 0.3) is 15.9 Å². The zero-order valence-electron chi connectivity index (χ0n) is 14.8. The highest BCUT2D eigenvalue weighted by atomic mass is 35.5. The Morgan fingerprint density at radius 3 is 2.29 bits per heavy atom. The van der Waals surface area contributed by atoms with Gasteiger partial charge < -0.3 is 5.32 Å². The molecule has 0 aliphatic carbocycles. The summed E-state index contributed by atoms with van der Waals surface area (Å²) in [4.78, 5) is 12.7. The van der Waals surface area contributed by atoms with E-state index in [1.54, 1.807) is 48.5 Å². The Labute approximate surface area is 173 Å². The van der Waals surface area contributed by atoms with E-state index in [0.717, 1.165) is 4.31 Å². The number of sulfonamides is 1. The van der Waals surface area contributed by atoms with Gasteiger partial charge in [-0.2, -0.15) is 0 Å². The molecular formula is C20H16Cl2N2O3S. The monoisotopic (exact) mass is 434 g/mol. The zero-order valence-corrected chi connectivity index (χ0v) is 17.1. The minimum Gasteiger partial charge on any atom is -0.322 e. The van der Waals surface area contributed by atoms with Gasteiger partial charge in [0.2, 0.25) is 0 Å². The molecule has 0 aliphatic rings. The number of anilines is 2. The maximum absolute atomic E-state index is 12.8. The van der Waals surface area contributed by atoms with Crippen LogP contribution in [0.1, 0.15) is 10.4 Å². The second-order valence-corrected chi connectivity index (χ2v) is 8.70. The molecule has 0 radical (unpaired) electrons. The third-order valence-corrected chi connectivity index (χ3v) is 6.59. The number of hydrogen-bond acceptors (Lipinski definition) is 3. The van der Waals surface area contributed by atoms with Crippen molar-refractivity contribution in [2.45, 2.75) is 4.90 Å². The molecule has 0 aromatic heterocycles. The maximum Gasteiger partial charge on any atom is 0.264 e. The topological polar surface area (TPSA) is 66.5 Å². The van der Waals surface area contributed by atoms with Crippen molar-refractivity contribution in [3.8, 4) is 0 Å². The first-order chi connectivity index (χ1) is 13.3. The van der Waals surface area contributed by atoms with Crippen molar-refractivity contribution >= 4 is 50.5 Å². The first-order valence-corrected chi connectivity index (χ1v) is 10.4. The summed E-state index contributed by atoms with van der Waals surface area (Å²) >= 11 is 11.8. The van der Waals surface area contributed by atoms with E-state index < -0.39 is 15.9 Å². The standard InChI is InChI=1S/C20H16Cl2N2O3S/c1-24(28(26,27)17-8-3-2-4-9-17)16-7-5-6-14(12-16)20(25)23-15-10-11-18(21)19(22)13-15/h2-13H,1H3,(H,23,25). The van der Waals surface area contributed by atoms with Crippen molar-refractivity contribution in [3.05, 3.63) is 88.4 Å². The molecule has 0 fully saturated rings. The Morgan fingerprint density at radius 2 is 1.61 bits per heavy atom. The molecule has 5 nitrogen and oxygen atoms in total. The summed E-state index contributed by atoms with van der Waals surface area (Å²) in [6, 6.07) is 19.2. The first-order valence-electron chi connectivity index (χ1n) is 8.19. The van der Waals surface area contributed by atoms with Crippen molar-refractivity contribution < 1.29 is 13.2 Å². The van der Waals surface area contributed by atoms with Crippen LogP contribution in [0.15, 0.2) is 77.7 Å². The maximum atomic E-state index is 12.8. The molecule has 3 rings (SSSR count). The number of nitrogens with zero attached hydrogens (tertiary/aromatic N) is 1. The highest BCUT2D eigenvalue weighted by Gasteiger charge is 2.21. The molecule has 3 aromatic carbocycles. The summed E-state index contributed by atoms with van der Waals surface area (Å²) in [7, 11) is -2.29. The van der Waals surface area contributed by atoms with Crippen LogP contribution in [0.25, 0.3) is 0 Å². The normalized spacial score (nSPS) is 11.1. The van der Waals surface area contributed by atoms with Gasteiger partial charge in [0, 0.05) is 18.3 Å². The molecule has 0 unspecified atom stereocenters. The Balaban J connectivity index is 1.85. The Morgan fingerprint density at radius 1 is 0.893 bits per heavy atom. The van der Waals surface area contributed by atoms with Gasteiger partial charge in [0.15, 0.2) is 0 Å². The van der Waals surface area contributed by atoms with E-state index in [0.29, 0.717) is 27.0 Å². The molecule has 0 bridgehead atoms.